The van der Waals surface area contributed by atoms with E-state index in [1.807, 2.05) is 32.0 Å². The Morgan fingerprint density at radius 1 is 0.778 bits per heavy atom. The molecule has 5 rings (SSSR count). The average Bonchev–Trinajstić information content (AvgIpc) is 3.20. The zero-order chi connectivity index (χ0) is 39.0. The van der Waals surface area contributed by atoms with Crippen LogP contribution in [-0.2, 0) is 19.1 Å². The number of esters is 2. The second-order valence-corrected chi connectivity index (χ2v) is 13.0. The molecule has 54 heavy (non-hydrogen) atoms. The highest BCUT2D eigenvalue weighted by atomic mass is 16.5. The van der Waals surface area contributed by atoms with E-state index in [0.29, 0.717) is 37.4 Å². The lowest BCUT2D eigenvalue weighted by atomic mass is 9.77. The summed E-state index contributed by atoms with van der Waals surface area (Å²) in [7, 11) is 0. The molecule has 1 aliphatic carbocycles. The van der Waals surface area contributed by atoms with Crippen molar-refractivity contribution in [1.29, 1.82) is 0 Å². The minimum absolute atomic E-state index is 0.0250. The molecule has 0 heterocycles. The van der Waals surface area contributed by atoms with Crippen molar-refractivity contribution in [3.8, 4) is 0 Å². The molecule has 0 radical (unpaired) electrons. The SMILES string of the molecule is C=C(C)C(=O)OCCN(CC)c1ccc(C(c2ccc(Nc3ccccc3)c3ccccc23)C2C=CC(=[N+](CC)CCOC(=O)C(=C)C)C=C2)cc1.CC. The van der Waals surface area contributed by atoms with Crippen molar-refractivity contribution in [2.45, 2.75) is 47.5 Å². The van der Waals surface area contributed by atoms with Gasteiger partial charge in [-0.25, -0.2) is 14.2 Å². The number of allylic oxidation sites excluding steroid dienone is 4. The Morgan fingerprint density at radius 2 is 1.37 bits per heavy atom. The lowest BCUT2D eigenvalue weighted by Crippen LogP contribution is -2.28. The van der Waals surface area contributed by atoms with Crippen molar-refractivity contribution in [3.63, 3.8) is 0 Å². The highest BCUT2D eigenvalue weighted by Crippen LogP contribution is 2.41. The Hall–Kier alpha value is -5.69. The average molecular weight is 727 g/mol. The second kappa shape index (κ2) is 20.5. The molecule has 4 aromatic carbocycles. The van der Waals surface area contributed by atoms with Gasteiger partial charge in [0.25, 0.3) is 0 Å². The van der Waals surface area contributed by atoms with Crippen molar-refractivity contribution in [3.05, 3.63) is 151 Å². The van der Waals surface area contributed by atoms with Crippen LogP contribution in [-0.4, -0.2) is 61.6 Å². The van der Waals surface area contributed by atoms with Gasteiger partial charge in [0.1, 0.15) is 19.8 Å². The van der Waals surface area contributed by atoms with E-state index in [9.17, 15) is 9.59 Å². The van der Waals surface area contributed by atoms with Crippen LogP contribution in [0.15, 0.2) is 140 Å². The van der Waals surface area contributed by atoms with Crippen molar-refractivity contribution < 1.29 is 23.6 Å². The maximum Gasteiger partial charge on any atom is 0.333 e. The first-order chi connectivity index (χ1) is 26.2. The van der Waals surface area contributed by atoms with Crippen LogP contribution < -0.4 is 10.2 Å². The first-order valence-electron chi connectivity index (χ1n) is 19.0. The number of likely N-dealkylation sites (N-methyl/N-ethyl adjacent to an activating group) is 2. The topological polar surface area (TPSA) is 70.9 Å². The van der Waals surface area contributed by atoms with Gasteiger partial charge in [-0.2, -0.15) is 0 Å². The Bertz CT molecular complexity index is 1980. The molecule has 0 bridgehead atoms. The molecule has 0 amide bonds. The van der Waals surface area contributed by atoms with Gasteiger partial charge in [-0.15, -0.1) is 0 Å². The molecular weight excluding hydrogens is 671 g/mol. The number of hydrogen-bond donors (Lipinski definition) is 1. The fraction of sp³-hybridized carbons (Fsp3) is 0.298. The van der Waals surface area contributed by atoms with Crippen LogP contribution in [0, 0.1) is 5.92 Å². The molecule has 0 fully saturated rings. The quantitative estimate of drug-likeness (QED) is 0.0704. The summed E-state index contributed by atoms with van der Waals surface area (Å²) in [6.45, 7) is 22.2. The minimum atomic E-state index is -0.367. The molecular formula is C47H56N3O4+. The van der Waals surface area contributed by atoms with Gasteiger partial charge in [0.2, 0.25) is 0 Å². The van der Waals surface area contributed by atoms with Gasteiger partial charge in [0, 0.05) is 64.1 Å². The lowest BCUT2D eigenvalue weighted by molar-refractivity contribution is -0.524. The molecule has 1 aliphatic rings. The van der Waals surface area contributed by atoms with E-state index in [1.54, 1.807) is 13.8 Å². The number of rotatable bonds is 16. The van der Waals surface area contributed by atoms with E-state index >= 15 is 0 Å². The molecule has 1 atom stereocenters. The zero-order valence-electron chi connectivity index (χ0n) is 32.8. The fourth-order valence-electron chi connectivity index (χ4n) is 6.54. The standard InChI is InChI=1S/C45H50N3O4.C2H6/c1-7-47(28-30-51-44(49)32(3)4)37-22-18-34(19-23-37)43(35-20-24-38(25-21-35)48(8-2)29-31-52-45(50)33(5)6)41-26-27-42(40-17-13-12-16-39(40)41)46-36-14-10-9-11-15-36;1-2/h9-27,34,43,46H,3,5,7-8,28-31H2,1-2,4,6H3;1-2H3/q+1;. The zero-order valence-corrected chi connectivity index (χ0v) is 32.8. The second-order valence-electron chi connectivity index (χ2n) is 13.0. The van der Waals surface area contributed by atoms with Crippen LogP contribution in [0.4, 0.5) is 17.1 Å². The van der Waals surface area contributed by atoms with Gasteiger partial charge in [0.05, 0.1) is 6.54 Å². The van der Waals surface area contributed by atoms with Crippen LogP contribution in [0.5, 0.6) is 0 Å². The Balaban J connectivity index is 0.00000319. The maximum atomic E-state index is 11.9. The van der Waals surface area contributed by atoms with Crippen LogP contribution >= 0.6 is 0 Å². The molecule has 1 unspecified atom stereocenters. The van der Waals surface area contributed by atoms with Gasteiger partial charge in [-0.05, 0) is 74.5 Å². The number of nitrogens with one attached hydrogen (secondary N) is 1. The van der Waals surface area contributed by atoms with Crippen molar-refractivity contribution in [1.82, 2.24) is 0 Å². The molecule has 0 saturated heterocycles. The number of fused-ring (bicyclic) bond motifs is 1. The Kier molecular flexibility index (Phi) is 15.6. The summed E-state index contributed by atoms with van der Waals surface area (Å²) in [6, 6.07) is 32.1. The first kappa shape index (κ1) is 41.1. The molecule has 7 heteroatoms. The van der Waals surface area contributed by atoms with Crippen molar-refractivity contribution in [2.75, 3.05) is 49.6 Å². The van der Waals surface area contributed by atoms with Gasteiger partial charge >= 0.3 is 11.9 Å². The van der Waals surface area contributed by atoms with E-state index in [1.165, 1.54) is 16.5 Å². The van der Waals surface area contributed by atoms with E-state index in [2.05, 4.69) is 139 Å². The number of nitrogens with zero attached hydrogens (tertiary/aromatic N) is 2. The van der Waals surface area contributed by atoms with Gasteiger partial charge in [-0.3, -0.25) is 0 Å². The molecule has 0 aromatic heterocycles. The number of carbonyl (C=O) groups is 2. The highest BCUT2D eigenvalue weighted by Gasteiger charge is 2.27. The number of benzene rings is 4. The van der Waals surface area contributed by atoms with Crippen LogP contribution in [0.1, 0.15) is 58.6 Å². The Labute approximate surface area is 322 Å². The highest BCUT2D eigenvalue weighted by molar-refractivity contribution is 6.01. The van der Waals surface area contributed by atoms with Crippen LogP contribution in [0.25, 0.3) is 10.8 Å². The monoisotopic (exact) mass is 726 g/mol. The lowest BCUT2D eigenvalue weighted by Gasteiger charge is -2.28. The summed E-state index contributed by atoms with van der Waals surface area (Å²) < 4.78 is 13.0. The normalized spacial score (nSPS) is 13.7. The van der Waals surface area contributed by atoms with E-state index < -0.39 is 0 Å². The number of anilines is 3. The first-order valence-corrected chi connectivity index (χ1v) is 19.0. The van der Waals surface area contributed by atoms with Crippen molar-refractivity contribution >= 4 is 45.5 Å². The summed E-state index contributed by atoms with van der Waals surface area (Å²) in [5, 5.41) is 5.98. The summed E-state index contributed by atoms with van der Waals surface area (Å²) in [6.07, 6.45) is 8.95. The Morgan fingerprint density at radius 3 is 1.96 bits per heavy atom. The molecule has 0 saturated carbocycles. The number of hydrogen-bond acceptors (Lipinski definition) is 6. The smallest absolute Gasteiger partial charge is 0.333 e. The van der Waals surface area contributed by atoms with Crippen LogP contribution in [0.3, 0.4) is 0 Å². The van der Waals surface area contributed by atoms with Gasteiger partial charge in [0.15, 0.2) is 12.3 Å². The fourth-order valence-corrected chi connectivity index (χ4v) is 6.54. The summed E-state index contributed by atoms with van der Waals surface area (Å²) in [5.41, 5.74) is 7.49. The molecule has 0 aliphatic heterocycles. The van der Waals surface area contributed by atoms with Crippen LogP contribution in [0.2, 0.25) is 0 Å². The number of para-hydroxylation sites is 1. The summed E-state index contributed by atoms with van der Waals surface area (Å²) in [5.74, 6) is -0.629. The molecule has 0 spiro atoms. The minimum Gasteiger partial charge on any atom is -0.460 e. The third-order valence-corrected chi connectivity index (χ3v) is 9.34. The third kappa shape index (κ3) is 10.7. The molecule has 1 N–H and O–H groups in total. The molecule has 4 aromatic rings. The van der Waals surface area contributed by atoms with E-state index in [4.69, 9.17) is 9.47 Å². The predicted octanol–water partition coefficient (Wildman–Crippen LogP) is 10.0. The molecule has 7 nitrogen and oxygen atoms in total. The molecule has 282 valence electrons. The third-order valence-electron chi connectivity index (χ3n) is 9.34. The number of carbonyl (C=O) groups excluding carboxylic acids is 2. The largest absolute Gasteiger partial charge is 0.460 e. The predicted molar refractivity (Wildman–Crippen MR) is 225 cm³/mol. The number of ether oxygens (including phenoxy) is 2. The summed E-state index contributed by atoms with van der Waals surface area (Å²) in [4.78, 5) is 26.1. The summed E-state index contributed by atoms with van der Waals surface area (Å²) >= 11 is 0. The van der Waals surface area contributed by atoms with Gasteiger partial charge in [-0.1, -0.05) is 99.8 Å². The van der Waals surface area contributed by atoms with E-state index in [0.717, 1.165) is 41.2 Å². The maximum absolute atomic E-state index is 11.9. The van der Waals surface area contributed by atoms with Gasteiger partial charge < -0.3 is 19.7 Å². The van der Waals surface area contributed by atoms with Crippen molar-refractivity contribution in [2.24, 2.45) is 5.92 Å². The van der Waals surface area contributed by atoms with E-state index in [-0.39, 0.29) is 23.8 Å².